The summed E-state index contributed by atoms with van der Waals surface area (Å²) in [5.41, 5.74) is -0.552. The average molecular weight is 256 g/mol. The van der Waals surface area contributed by atoms with Crippen molar-refractivity contribution < 1.29 is 14.6 Å². The Morgan fingerprint density at radius 1 is 1.56 bits per heavy atom. The standard InChI is InChI=1S/C13H24N2O3/c1-2-5-13(17)9-15(10-13)8-12(16)14-7-11-4-3-6-18-11/h11,17H,2-10H2,1H3,(H,14,16). The van der Waals surface area contributed by atoms with Gasteiger partial charge in [0.15, 0.2) is 0 Å². The Hall–Kier alpha value is -0.650. The third-order valence-corrected chi connectivity index (χ3v) is 3.67. The summed E-state index contributed by atoms with van der Waals surface area (Å²) in [7, 11) is 0. The third kappa shape index (κ3) is 3.67. The van der Waals surface area contributed by atoms with Crippen molar-refractivity contribution in [3.05, 3.63) is 0 Å². The Bertz CT molecular complexity index is 284. The number of β-amino-alcohol motifs (C(OH)–C–C–N with tert-alkyl or cyclic N) is 1. The molecule has 0 radical (unpaired) electrons. The van der Waals surface area contributed by atoms with E-state index in [2.05, 4.69) is 12.2 Å². The van der Waals surface area contributed by atoms with E-state index in [4.69, 9.17) is 4.74 Å². The minimum Gasteiger partial charge on any atom is -0.387 e. The zero-order valence-corrected chi connectivity index (χ0v) is 11.2. The molecule has 2 rings (SSSR count). The zero-order valence-electron chi connectivity index (χ0n) is 11.2. The van der Waals surface area contributed by atoms with E-state index in [0.29, 0.717) is 26.2 Å². The topological polar surface area (TPSA) is 61.8 Å². The van der Waals surface area contributed by atoms with Gasteiger partial charge in [-0.15, -0.1) is 0 Å². The van der Waals surface area contributed by atoms with Gasteiger partial charge in [-0.1, -0.05) is 13.3 Å². The highest BCUT2D eigenvalue weighted by Gasteiger charge is 2.40. The number of amides is 1. The van der Waals surface area contributed by atoms with Crippen molar-refractivity contribution in [1.82, 2.24) is 10.2 Å². The normalized spacial score (nSPS) is 26.9. The molecule has 1 unspecified atom stereocenters. The smallest absolute Gasteiger partial charge is 0.234 e. The summed E-state index contributed by atoms with van der Waals surface area (Å²) >= 11 is 0. The summed E-state index contributed by atoms with van der Waals surface area (Å²) in [6.45, 7) is 5.12. The summed E-state index contributed by atoms with van der Waals surface area (Å²) in [5, 5.41) is 12.9. The molecule has 104 valence electrons. The minimum absolute atomic E-state index is 0.0315. The molecule has 18 heavy (non-hydrogen) atoms. The molecule has 2 aliphatic rings. The van der Waals surface area contributed by atoms with Gasteiger partial charge in [-0.05, 0) is 19.3 Å². The molecule has 0 bridgehead atoms. The highest BCUT2D eigenvalue weighted by atomic mass is 16.5. The third-order valence-electron chi connectivity index (χ3n) is 3.67. The van der Waals surface area contributed by atoms with Crippen LogP contribution in [0.3, 0.4) is 0 Å². The van der Waals surface area contributed by atoms with Crippen LogP contribution < -0.4 is 5.32 Å². The second-order valence-corrected chi connectivity index (χ2v) is 5.56. The molecular weight excluding hydrogens is 232 g/mol. The van der Waals surface area contributed by atoms with E-state index in [-0.39, 0.29) is 12.0 Å². The number of ether oxygens (including phenoxy) is 1. The quantitative estimate of drug-likeness (QED) is 0.709. The van der Waals surface area contributed by atoms with Gasteiger partial charge in [-0.3, -0.25) is 9.69 Å². The van der Waals surface area contributed by atoms with Crippen molar-refractivity contribution in [3.8, 4) is 0 Å². The van der Waals surface area contributed by atoms with Crippen LogP contribution in [0.1, 0.15) is 32.6 Å². The molecule has 2 aliphatic heterocycles. The van der Waals surface area contributed by atoms with Crippen LogP contribution >= 0.6 is 0 Å². The molecular formula is C13H24N2O3. The van der Waals surface area contributed by atoms with Gasteiger partial charge >= 0.3 is 0 Å². The fourth-order valence-corrected chi connectivity index (χ4v) is 2.81. The zero-order chi connectivity index (χ0) is 13.0. The van der Waals surface area contributed by atoms with Gasteiger partial charge in [0.25, 0.3) is 0 Å². The molecule has 0 spiro atoms. The highest BCUT2D eigenvalue weighted by Crippen LogP contribution is 2.25. The van der Waals surface area contributed by atoms with Gasteiger partial charge in [0, 0.05) is 26.2 Å². The van der Waals surface area contributed by atoms with Crippen molar-refractivity contribution in [2.75, 3.05) is 32.8 Å². The Morgan fingerprint density at radius 3 is 2.94 bits per heavy atom. The molecule has 0 saturated carbocycles. The maximum absolute atomic E-state index is 11.7. The van der Waals surface area contributed by atoms with Crippen molar-refractivity contribution >= 4 is 5.91 Å². The maximum atomic E-state index is 11.7. The van der Waals surface area contributed by atoms with Crippen LogP contribution in [0.25, 0.3) is 0 Å². The Kier molecular flexibility index (Phi) is 4.59. The van der Waals surface area contributed by atoms with Crippen LogP contribution in [0.15, 0.2) is 0 Å². The molecule has 5 heteroatoms. The number of hydrogen-bond acceptors (Lipinski definition) is 4. The summed E-state index contributed by atoms with van der Waals surface area (Å²) in [5.74, 6) is 0.0315. The Balaban J connectivity index is 1.58. The number of hydrogen-bond donors (Lipinski definition) is 2. The SMILES string of the molecule is CCCC1(O)CN(CC(=O)NCC2CCCO2)C1. The van der Waals surface area contributed by atoms with Crippen LogP contribution in [0.5, 0.6) is 0 Å². The molecule has 2 saturated heterocycles. The monoisotopic (exact) mass is 256 g/mol. The molecule has 1 amide bonds. The number of nitrogens with one attached hydrogen (secondary N) is 1. The van der Waals surface area contributed by atoms with E-state index >= 15 is 0 Å². The first-order chi connectivity index (χ1) is 8.61. The van der Waals surface area contributed by atoms with E-state index in [1.807, 2.05) is 4.90 Å². The number of carbonyl (C=O) groups excluding carboxylic acids is 1. The van der Waals surface area contributed by atoms with Crippen LogP contribution in [0.4, 0.5) is 0 Å². The second-order valence-electron chi connectivity index (χ2n) is 5.56. The lowest BCUT2D eigenvalue weighted by Gasteiger charge is -2.46. The molecule has 0 aromatic heterocycles. The predicted molar refractivity (Wildman–Crippen MR) is 68.3 cm³/mol. The largest absolute Gasteiger partial charge is 0.387 e. The first-order valence-electron chi connectivity index (χ1n) is 6.94. The first kappa shape index (κ1) is 13.8. The molecule has 1 atom stereocenters. The molecule has 0 aliphatic carbocycles. The minimum atomic E-state index is -0.552. The van der Waals surface area contributed by atoms with Crippen LogP contribution in [0, 0.1) is 0 Å². The lowest BCUT2D eigenvalue weighted by molar-refractivity contribution is -0.134. The van der Waals surface area contributed by atoms with E-state index in [1.54, 1.807) is 0 Å². The summed E-state index contributed by atoms with van der Waals surface area (Å²) < 4.78 is 5.45. The molecule has 2 N–H and O–H groups in total. The van der Waals surface area contributed by atoms with E-state index < -0.39 is 5.60 Å². The molecule has 0 aromatic carbocycles. The van der Waals surface area contributed by atoms with Gasteiger partial charge in [0.05, 0.1) is 18.2 Å². The van der Waals surface area contributed by atoms with Crippen molar-refractivity contribution in [2.45, 2.75) is 44.3 Å². The van der Waals surface area contributed by atoms with Gasteiger partial charge in [0.2, 0.25) is 5.91 Å². The summed E-state index contributed by atoms with van der Waals surface area (Å²) in [4.78, 5) is 13.7. The Morgan fingerprint density at radius 2 is 2.33 bits per heavy atom. The fraction of sp³-hybridized carbons (Fsp3) is 0.923. The van der Waals surface area contributed by atoms with Crippen molar-refractivity contribution in [2.24, 2.45) is 0 Å². The number of likely N-dealkylation sites (tertiary alicyclic amines) is 1. The number of rotatable bonds is 6. The Labute approximate surface area is 108 Å². The van der Waals surface area contributed by atoms with Crippen LogP contribution in [-0.2, 0) is 9.53 Å². The molecule has 5 nitrogen and oxygen atoms in total. The predicted octanol–water partition coefficient (Wildman–Crippen LogP) is 0.128. The van der Waals surface area contributed by atoms with Gasteiger partial charge in [0.1, 0.15) is 0 Å². The molecule has 2 fully saturated rings. The van der Waals surface area contributed by atoms with Crippen LogP contribution in [-0.4, -0.2) is 60.4 Å². The van der Waals surface area contributed by atoms with E-state index in [0.717, 1.165) is 32.3 Å². The number of nitrogens with zero attached hydrogens (tertiary/aromatic N) is 1. The molecule has 0 aromatic rings. The van der Waals surface area contributed by atoms with Gasteiger partial charge < -0.3 is 15.2 Å². The van der Waals surface area contributed by atoms with Gasteiger partial charge in [-0.25, -0.2) is 0 Å². The highest BCUT2D eigenvalue weighted by molar-refractivity contribution is 5.78. The number of aliphatic hydroxyl groups is 1. The van der Waals surface area contributed by atoms with Crippen LogP contribution in [0.2, 0.25) is 0 Å². The van der Waals surface area contributed by atoms with Crippen molar-refractivity contribution in [3.63, 3.8) is 0 Å². The fourth-order valence-electron chi connectivity index (χ4n) is 2.81. The average Bonchev–Trinajstić information content (AvgIpc) is 2.77. The maximum Gasteiger partial charge on any atom is 0.234 e. The lowest BCUT2D eigenvalue weighted by Crippen LogP contribution is -2.63. The van der Waals surface area contributed by atoms with Crippen molar-refractivity contribution in [1.29, 1.82) is 0 Å². The molecule has 2 heterocycles. The second kappa shape index (κ2) is 5.99. The lowest BCUT2D eigenvalue weighted by atomic mass is 9.89. The first-order valence-corrected chi connectivity index (χ1v) is 6.94. The number of carbonyl (C=O) groups is 1. The summed E-state index contributed by atoms with van der Waals surface area (Å²) in [6, 6.07) is 0. The summed E-state index contributed by atoms with van der Waals surface area (Å²) in [6.07, 6.45) is 4.13. The van der Waals surface area contributed by atoms with Gasteiger partial charge in [-0.2, -0.15) is 0 Å². The van der Waals surface area contributed by atoms with E-state index in [1.165, 1.54) is 0 Å². The van der Waals surface area contributed by atoms with E-state index in [9.17, 15) is 9.90 Å².